The lowest BCUT2D eigenvalue weighted by Crippen LogP contribution is -2.30. The zero-order valence-corrected chi connectivity index (χ0v) is 12.0. The van der Waals surface area contributed by atoms with E-state index < -0.39 is 5.60 Å². The molecule has 0 aliphatic rings. The van der Waals surface area contributed by atoms with Crippen LogP contribution in [0.3, 0.4) is 0 Å². The van der Waals surface area contributed by atoms with E-state index in [2.05, 4.69) is 0 Å². The summed E-state index contributed by atoms with van der Waals surface area (Å²) in [6.45, 7) is 11.1. The van der Waals surface area contributed by atoms with Crippen LogP contribution in [-0.4, -0.2) is 11.4 Å². The topological polar surface area (TPSA) is 35.5 Å². The Bertz CT molecular complexity index is 428. The first kappa shape index (κ1) is 14.9. The number of rotatable bonds is 4. The molecule has 0 N–H and O–H groups in total. The molecular weight excluding hydrogens is 228 g/mol. The molecule has 0 atom stereocenters. The van der Waals surface area contributed by atoms with Crippen molar-refractivity contribution >= 4 is 5.78 Å². The van der Waals surface area contributed by atoms with Gasteiger partial charge in [0, 0.05) is 5.56 Å². The summed E-state index contributed by atoms with van der Waals surface area (Å²) in [5.41, 5.74) is 0.444. The first-order chi connectivity index (χ1) is 8.13. The highest BCUT2D eigenvalue weighted by Gasteiger charge is 2.29. The summed E-state index contributed by atoms with van der Waals surface area (Å²) >= 11 is 0. The number of carbonyl (C=O) groups excluding carboxylic acids is 1. The molecule has 0 amide bonds. The van der Waals surface area contributed by atoms with E-state index in [1.54, 1.807) is 13.0 Å². The lowest BCUT2D eigenvalue weighted by molar-refractivity contribution is -0.401. The molecule has 1 rings (SSSR count). The van der Waals surface area contributed by atoms with Crippen LogP contribution in [0.1, 0.15) is 57.5 Å². The van der Waals surface area contributed by atoms with E-state index in [9.17, 15) is 4.79 Å². The van der Waals surface area contributed by atoms with Gasteiger partial charge in [0.25, 0.3) is 0 Å². The quantitative estimate of drug-likeness (QED) is 0.462. The minimum Gasteiger partial charge on any atom is -0.294 e. The minimum absolute atomic E-state index is 0.0260. The van der Waals surface area contributed by atoms with Crippen molar-refractivity contribution in [1.82, 2.24) is 0 Å². The molecule has 0 aliphatic heterocycles. The molecule has 0 spiro atoms. The molecule has 100 valence electrons. The summed E-state index contributed by atoms with van der Waals surface area (Å²) in [7, 11) is 0. The molecule has 0 bridgehead atoms. The molecule has 0 saturated heterocycles. The van der Waals surface area contributed by atoms with Crippen molar-refractivity contribution in [2.45, 2.75) is 52.7 Å². The van der Waals surface area contributed by atoms with Crippen LogP contribution in [0, 0.1) is 0 Å². The Kier molecular flexibility index (Phi) is 4.30. The van der Waals surface area contributed by atoms with Crippen LogP contribution in [0.2, 0.25) is 0 Å². The van der Waals surface area contributed by atoms with Gasteiger partial charge in [-0.2, -0.15) is 0 Å². The van der Waals surface area contributed by atoms with Gasteiger partial charge in [0.1, 0.15) is 5.60 Å². The Balaban J connectivity index is 3.01. The monoisotopic (exact) mass is 250 g/mol. The molecule has 1 aromatic rings. The van der Waals surface area contributed by atoms with Crippen molar-refractivity contribution in [2.24, 2.45) is 0 Å². The molecule has 18 heavy (non-hydrogen) atoms. The third kappa shape index (κ3) is 3.93. The van der Waals surface area contributed by atoms with E-state index in [4.69, 9.17) is 9.78 Å². The van der Waals surface area contributed by atoms with Gasteiger partial charge in [-0.25, -0.2) is 9.78 Å². The van der Waals surface area contributed by atoms with Gasteiger partial charge in [-0.15, -0.1) is 0 Å². The summed E-state index contributed by atoms with van der Waals surface area (Å²) in [5.74, 6) is 0.0260. The van der Waals surface area contributed by atoms with E-state index in [1.165, 1.54) is 0 Å². The SMILES string of the molecule is CC(=O)c1ccccc1C(C)(C)OOC(C)(C)C. The van der Waals surface area contributed by atoms with E-state index in [-0.39, 0.29) is 11.4 Å². The molecule has 1 aromatic carbocycles. The normalized spacial score (nSPS) is 12.6. The number of hydrogen-bond acceptors (Lipinski definition) is 3. The van der Waals surface area contributed by atoms with Crippen molar-refractivity contribution in [3.05, 3.63) is 35.4 Å². The Hall–Kier alpha value is -1.19. The van der Waals surface area contributed by atoms with Crippen LogP contribution in [0.5, 0.6) is 0 Å². The molecule has 3 nitrogen and oxygen atoms in total. The largest absolute Gasteiger partial charge is 0.294 e. The van der Waals surface area contributed by atoms with Gasteiger partial charge in [0.15, 0.2) is 5.78 Å². The fourth-order valence-corrected chi connectivity index (χ4v) is 1.59. The predicted molar refractivity (Wildman–Crippen MR) is 71.4 cm³/mol. The Morgan fingerprint density at radius 3 is 2.06 bits per heavy atom. The zero-order valence-electron chi connectivity index (χ0n) is 12.0. The van der Waals surface area contributed by atoms with Gasteiger partial charge in [0.2, 0.25) is 0 Å². The van der Waals surface area contributed by atoms with Crippen LogP contribution in [-0.2, 0) is 15.4 Å². The predicted octanol–water partition coefficient (Wildman–Crippen LogP) is 3.87. The van der Waals surface area contributed by atoms with Crippen LogP contribution >= 0.6 is 0 Å². The van der Waals surface area contributed by atoms with Gasteiger partial charge < -0.3 is 0 Å². The molecule has 3 heteroatoms. The summed E-state index contributed by atoms with van der Waals surface area (Å²) in [4.78, 5) is 22.5. The van der Waals surface area contributed by atoms with E-state index in [0.29, 0.717) is 5.56 Å². The smallest absolute Gasteiger partial charge is 0.160 e. The lowest BCUT2D eigenvalue weighted by Gasteiger charge is -2.30. The highest BCUT2D eigenvalue weighted by Crippen LogP contribution is 2.29. The van der Waals surface area contributed by atoms with Crippen molar-refractivity contribution in [3.63, 3.8) is 0 Å². The third-order valence-electron chi connectivity index (χ3n) is 2.45. The third-order valence-corrected chi connectivity index (χ3v) is 2.45. The van der Waals surface area contributed by atoms with Gasteiger partial charge >= 0.3 is 0 Å². The maximum Gasteiger partial charge on any atom is 0.160 e. The first-order valence-corrected chi connectivity index (χ1v) is 6.11. The molecular formula is C15H22O3. The molecule has 0 heterocycles. The highest BCUT2D eigenvalue weighted by atomic mass is 17.2. The van der Waals surface area contributed by atoms with E-state index >= 15 is 0 Å². The minimum atomic E-state index is -0.671. The average molecular weight is 250 g/mol. The second kappa shape index (κ2) is 5.21. The van der Waals surface area contributed by atoms with Crippen LogP contribution in [0.4, 0.5) is 0 Å². The maximum absolute atomic E-state index is 11.6. The fourth-order valence-electron chi connectivity index (χ4n) is 1.59. The number of Topliss-reactive ketones (excluding diaryl/α,β-unsaturated/α-hetero) is 1. The zero-order chi connectivity index (χ0) is 14.0. The van der Waals surface area contributed by atoms with Crippen molar-refractivity contribution in [2.75, 3.05) is 0 Å². The van der Waals surface area contributed by atoms with E-state index in [0.717, 1.165) is 5.56 Å². The molecule has 0 radical (unpaired) electrons. The van der Waals surface area contributed by atoms with Crippen LogP contribution in [0.15, 0.2) is 24.3 Å². The van der Waals surface area contributed by atoms with Crippen LogP contribution < -0.4 is 0 Å². The highest BCUT2D eigenvalue weighted by molar-refractivity contribution is 5.95. The summed E-state index contributed by atoms with van der Waals surface area (Å²) in [5, 5.41) is 0. The number of ketones is 1. The molecule has 0 aliphatic carbocycles. The van der Waals surface area contributed by atoms with Gasteiger partial charge in [-0.05, 0) is 47.1 Å². The molecule has 0 unspecified atom stereocenters. The molecule has 0 fully saturated rings. The number of hydrogen-bond donors (Lipinski definition) is 0. The summed E-state index contributed by atoms with van der Waals surface area (Å²) < 4.78 is 0. The lowest BCUT2D eigenvalue weighted by atomic mass is 9.91. The second-order valence-corrected chi connectivity index (χ2v) is 5.89. The van der Waals surface area contributed by atoms with Gasteiger partial charge in [0.05, 0.1) is 5.60 Å². The molecule has 0 aromatic heterocycles. The summed E-state index contributed by atoms with van der Waals surface area (Å²) in [6, 6.07) is 7.44. The Morgan fingerprint density at radius 1 is 1.00 bits per heavy atom. The maximum atomic E-state index is 11.6. The van der Waals surface area contributed by atoms with Crippen molar-refractivity contribution < 1.29 is 14.6 Å². The Morgan fingerprint density at radius 2 is 1.56 bits per heavy atom. The number of carbonyl (C=O) groups is 1. The second-order valence-electron chi connectivity index (χ2n) is 5.89. The molecule has 0 saturated carbocycles. The number of benzene rings is 1. The summed E-state index contributed by atoms with van der Waals surface area (Å²) in [6.07, 6.45) is 0. The Labute approximate surface area is 109 Å². The fraction of sp³-hybridized carbons (Fsp3) is 0.533. The van der Waals surface area contributed by atoms with Crippen LogP contribution in [0.25, 0.3) is 0 Å². The first-order valence-electron chi connectivity index (χ1n) is 6.11. The van der Waals surface area contributed by atoms with Crippen molar-refractivity contribution in [3.8, 4) is 0 Å². The van der Waals surface area contributed by atoms with Gasteiger partial charge in [-0.3, -0.25) is 4.79 Å². The van der Waals surface area contributed by atoms with Crippen molar-refractivity contribution in [1.29, 1.82) is 0 Å². The average Bonchev–Trinajstić information content (AvgIpc) is 2.26. The standard InChI is InChI=1S/C15H22O3/c1-11(16)12-9-7-8-10-13(12)15(5,6)18-17-14(2,3)4/h7-10H,1-6H3. The van der Waals surface area contributed by atoms with E-state index in [1.807, 2.05) is 52.8 Å². The van der Waals surface area contributed by atoms with Gasteiger partial charge in [-0.1, -0.05) is 24.3 Å².